The number of aryl methyl sites for hydroxylation is 1. The fraction of sp³-hybridized carbons (Fsp3) is 0.462. The van der Waals surface area contributed by atoms with E-state index in [-0.39, 0.29) is 16.7 Å². The van der Waals surface area contributed by atoms with E-state index in [0.29, 0.717) is 18.8 Å². The fourth-order valence-corrected chi connectivity index (χ4v) is 2.69. The number of ether oxygens (including phenoxy) is 1. The van der Waals surface area contributed by atoms with Crippen molar-refractivity contribution in [3.8, 4) is 0 Å². The van der Waals surface area contributed by atoms with E-state index < -0.39 is 0 Å². The first kappa shape index (κ1) is 14.7. The first-order valence-electron chi connectivity index (χ1n) is 6.38. The summed E-state index contributed by atoms with van der Waals surface area (Å²) in [6.45, 7) is 6.82. The molecule has 1 heterocycles. The molecule has 0 saturated heterocycles. The number of hydrogen-bond donors (Lipinski definition) is 1. The molecular weight excluding hydrogens is 278 g/mol. The average Bonchev–Trinajstić information content (AvgIpc) is 2.72. The molecule has 0 fully saturated rings. The predicted molar refractivity (Wildman–Crippen MR) is 80.6 cm³/mol. The van der Waals surface area contributed by atoms with Crippen LogP contribution in [0.1, 0.15) is 18.9 Å². The summed E-state index contributed by atoms with van der Waals surface area (Å²) < 4.78 is 6.24. The maximum absolute atomic E-state index is 11.1. The number of nitro groups is 1. The predicted octanol–water partition coefficient (Wildman–Crippen LogP) is 3.35. The van der Waals surface area contributed by atoms with Gasteiger partial charge in [0.25, 0.3) is 5.69 Å². The molecule has 2 rings (SSSR count). The van der Waals surface area contributed by atoms with Crippen molar-refractivity contribution < 1.29 is 9.66 Å². The lowest BCUT2D eigenvalue weighted by Crippen LogP contribution is -2.13. The number of nitro benzene ring substituents is 1. The maximum Gasteiger partial charge on any atom is 0.293 e. The summed E-state index contributed by atoms with van der Waals surface area (Å²) in [4.78, 5) is 15.1. The molecule has 1 N–H and O–H groups in total. The molecule has 0 aliphatic heterocycles. The summed E-state index contributed by atoms with van der Waals surface area (Å²) >= 11 is 1.46. The molecule has 0 bridgehead atoms. The van der Waals surface area contributed by atoms with Crippen LogP contribution in [-0.2, 0) is 4.74 Å². The number of benzene rings is 1. The van der Waals surface area contributed by atoms with Gasteiger partial charge in [0, 0.05) is 12.6 Å². The third kappa shape index (κ3) is 3.43. The third-order valence-corrected chi connectivity index (χ3v) is 3.61. The molecule has 2 aromatic rings. The Hall–Kier alpha value is -1.73. The van der Waals surface area contributed by atoms with Crippen molar-refractivity contribution >= 4 is 32.9 Å². The van der Waals surface area contributed by atoms with Crippen LogP contribution >= 0.6 is 11.3 Å². The minimum absolute atomic E-state index is 0.0747. The lowest BCUT2D eigenvalue weighted by molar-refractivity contribution is -0.383. The molecule has 1 aromatic heterocycles. The van der Waals surface area contributed by atoms with E-state index in [9.17, 15) is 10.1 Å². The lowest BCUT2D eigenvalue weighted by atomic mass is 10.2. The van der Waals surface area contributed by atoms with Gasteiger partial charge in [-0.3, -0.25) is 10.1 Å². The number of rotatable bonds is 6. The van der Waals surface area contributed by atoms with E-state index in [0.717, 1.165) is 15.2 Å². The standard InChI is InChI=1S/C13H17N3O3S/c1-8(2)19-5-4-14-10-6-11-13(20-9(3)15-11)7-12(10)16(17)18/h6-8,14H,4-5H2,1-3H3. The van der Waals surface area contributed by atoms with Gasteiger partial charge in [0.15, 0.2) is 0 Å². The maximum atomic E-state index is 11.1. The molecule has 20 heavy (non-hydrogen) atoms. The Morgan fingerprint density at radius 3 is 2.90 bits per heavy atom. The van der Waals surface area contributed by atoms with Gasteiger partial charge in [-0.05, 0) is 26.8 Å². The van der Waals surface area contributed by atoms with E-state index in [1.807, 2.05) is 20.8 Å². The van der Waals surface area contributed by atoms with Crippen LogP contribution in [0, 0.1) is 17.0 Å². The quantitative estimate of drug-likeness (QED) is 0.502. The van der Waals surface area contributed by atoms with Gasteiger partial charge in [-0.2, -0.15) is 0 Å². The van der Waals surface area contributed by atoms with E-state index in [2.05, 4.69) is 10.3 Å². The number of thiazole rings is 1. The highest BCUT2D eigenvalue weighted by Gasteiger charge is 2.16. The monoisotopic (exact) mass is 295 g/mol. The Labute approximate surface area is 120 Å². The Balaban J connectivity index is 2.20. The molecule has 0 aliphatic carbocycles. The fourth-order valence-electron chi connectivity index (χ4n) is 1.85. The Bertz CT molecular complexity index is 625. The highest BCUT2D eigenvalue weighted by molar-refractivity contribution is 7.18. The summed E-state index contributed by atoms with van der Waals surface area (Å²) in [6, 6.07) is 3.30. The van der Waals surface area contributed by atoms with Crippen molar-refractivity contribution in [2.24, 2.45) is 0 Å². The molecule has 0 atom stereocenters. The zero-order valence-electron chi connectivity index (χ0n) is 11.7. The second kappa shape index (κ2) is 6.15. The summed E-state index contributed by atoms with van der Waals surface area (Å²) in [6.07, 6.45) is 0.149. The van der Waals surface area contributed by atoms with Crippen LogP contribution in [0.2, 0.25) is 0 Å². The van der Waals surface area contributed by atoms with Crippen LogP contribution in [0.4, 0.5) is 11.4 Å². The molecule has 0 saturated carbocycles. The van der Waals surface area contributed by atoms with Crippen LogP contribution in [0.25, 0.3) is 10.2 Å². The van der Waals surface area contributed by atoms with E-state index in [4.69, 9.17) is 4.74 Å². The summed E-state index contributed by atoms with van der Waals surface area (Å²) in [7, 11) is 0. The minimum atomic E-state index is -0.375. The van der Waals surface area contributed by atoms with Crippen molar-refractivity contribution in [3.05, 3.63) is 27.3 Å². The van der Waals surface area contributed by atoms with Crippen molar-refractivity contribution in [1.82, 2.24) is 4.98 Å². The highest BCUT2D eigenvalue weighted by Crippen LogP contribution is 2.32. The van der Waals surface area contributed by atoms with Gasteiger partial charge >= 0.3 is 0 Å². The van der Waals surface area contributed by atoms with Crippen LogP contribution in [0.15, 0.2) is 12.1 Å². The first-order valence-corrected chi connectivity index (χ1v) is 7.20. The van der Waals surface area contributed by atoms with Crippen LogP contribution < -0.4 is 5.32 Å². The number of anilines is 1. The Morgan fingerprint density at radius 2 is 2.25 bits per heavy atom. The number of fused-ring (bicyclic) bond motifs is 1. The van der Waals surface area contributed by atoms with Crippen LogP contribution in [0.5, 0.6) is 0 Å². The highest BCUT2D eigenvalue weighted by atomic mass is 32.1. The summed E-state index contributed by atoms with van der Waals surface area (Å²) in [5.41, 5.74) is 1.34. The van der Waals surface area contributed by atoms with Gasteiger partial charge in [0.2, 0.25) is 0 Å². The number of nitrogens with one attached hydrogen (secondary N) is 1. The largest absolute Gasteiger partial charge is 0.377 e. The van der Waals surface area contributed by atoms with Gasteiger partial charge < -0.3 is 10.1 Å². The van der Waals surface area contributed by atoms with Gasteiger partial charge in [-0.25, -0.2) is 4.98 Å². The first-order chi connectivity index (χ1) is 9.47. The summed E-state index contributed by atoms with van der Waals surface area (Å²) in [5.74, 6) is 0. The summed E-state index contributed by atoms with van der Waals surface area (Å²) in [5, 5.41) is 15.1. The van der Waals surface area contributed by atoms with E-state index in [1.165, 1.54) is 11.3 Å². The molecule has 0 spiro atoms. The number of aromatic nitrogens is 1. The molecule has 6 nitrogen and oxygen atoms in total. The SMILES string of the molecule is Cc1nc2cc(NCCOC(C)C)c([N+](=O)[O-])cc2s1. The number of nitrogens with zero attached hydrogens (tertiary/aromatic N) is 2. The Kier molecular flexibility index (Phi) is 4.51. The van der Waals surface area contributed by atoms with Gasteiger partial charge in [0.05, 0.1) is 32.9 Å². The smallest absolute Gasteiger partial charge is 0.293 e. The molecule has 108 valence electrons. The van der Waals surface area contributed by atoms with Crippen LogP contribution in [0.3, 0.4) is 0 Å². The zero-order valence-corrected chi connectivity index (χ0v) is 12.5. The van der Waals surface area contributed by atoms with Crippen molar-refractivity contribution in [2.45, 2.75) is 26.9 Å². The van der Waals surface area contributed by atoms with E-state index in [1.54, 1.807) is 12.1 Å². The van der Waals surface area contributed by atoms with Crippen molar-refractivity contribution in [3.63, 3.8) is 0 Å². The van der Waals surface area contributed by atoms with Crippen LogP contribution in [-0.4, -0.2) is 29.2 Å². The minimum Gasteiger partial charge on any atom is -0.377 e. The van der Waals surface area contributed by atoms with Gasteiger partial charge in [0.1, 0.15) is 5.69 Å². The van der Waals surface area contributed by atoms with Gasteiger partial charge in [-0.1, -0.05) is 0 Å². The lowest BCUT2D eigenvalue weighted by Gasteiger charge is -2.09. The molecule has 1 aromatic carbocycles. The van der Waals surface area contributed by atoms with Gasteiger partial charge in [-0.15, -0.1) is 11.3 Å². The van der Waals surface area contributed by atoms with Crippen molar-refractivity contribution in [2.75, 3.05) is 18.5 Å². The zero-order chi connectivity index (χ0) is 14.7. The molecule has 0 unspecified atom stereocenters. The van der Waals surface area contributed by atoms with Crippen molar-refractivity contribution in [1.29, 1.82) is 0 Å². The molecule has 0 radical (unpaired) electrons. The second-order valence-corrected chi connectivity index (χ2v) is 5.91. The normalized spacial score (nSPS) is 11.2. The number of hydrogen-bond acceptors (Lipinski definition) is 6. The average molecular weight is 295 g/mol. The Morgan fingerprint density at radius 1 is 1.50 bits per heavy atom. The molecule has 0 aliphatic rings. The molecular formula is C13H17N3O3S. The molecule has 7 heteroatoms. The molecule has 0 amide bonds. The topological polar surface area (TPSA) is 77.3 Å². The second-order valence-electron chi connectivity index (χ2n) is 4.67. The third-order valence-electron chi connectivity index (χ3n) is 2.68. The van der Waals surface area contributed by atoms with E-state index >= 15 is 0 Å².